The molecule has 1 aromatic carbocycles. The molecule has 3 aromatic rings. The van der Waals surface area contributed by atoms with E-state index in [2.05, 4.69) is 43.3 Å². The van der Waals surface area contributed by atoms with Crippen LogP contribution in [0.1, 0.15) is 19.7 Å². The molecule has 0 aliphatic carbocycles. The number of nitrogens with zero attached hydrogens (tertiary/aromatic N) is 5. The molecule has 2 atom stereocenters. The monoisotopic (exact) mass is 406 g/mol. The fourth-order valence-corrected chi connectivity index (χ4v) is 3.97. The zero-order chi connectivity index (χ0) is 20.3. The second-order valence-electron chi connectivity index (χ2n) is 7.46. The molecule has 2 aromatic heterocycles. The SMILES string of the molecule is C[C@@H]1CN(CCc2nc3c4ccc5c(c4nc(N)n3n2)OC(F)(F)O5)C[C@@H](C)O1. The minimum atomic E-state index is -3.73. The smallest absolute Gasteiger partial charge is 0.395 e. The van der Waals surface area contributed by atoms with Crippen LogP contribution in [0.3, 0.4) is 0 Å². The van der Waals surface area contributed by atoms with Crippen molar-refractivity contribution in [2.24, 2.45) is 0 Å². The van der Waals surface area contributed by atoms with Crippen molar-refractivity contribution in [3.8, 4) is 11.5 Å². The van der Waals surface area contributed by atoms with Gasteiger partial charge in [-0.15, -0.1) is 13.9 Å². The minimum Gasteiger partial charge on any atom is -0.395 e. The number of anilines is 1. The Morgan fingerprint density at radius 3 is 2.69 bits per heavy atom. The van der Waals surface area contributed by atoms with E-state index in [0.717, 1.165) is 19.6 Å². The highest BCUT2D eigenvalue weighted by Gasteiger charge is 2.45. The quantitative estimate of drug-likeness (QED) is 0.703. The molecule has 2 aliphatic rings. The number of nitrogen functional groups attached to an aromatic ring is 1. The van der Waals surface area contributed by atoms with Crippen LogP contribution >= 0.6 is 0 Å². The highest BCUT2D eigenvalue weighted by atomic mass is 19.3. The van der Waals surface area contributed by atoms with E-state index in [4.69, 9.17) is 10.5 Å². The average Bonchev–Trinajstić information content (AvgIpc) is 3.19. The Morgan fingerprint density at radius 2 is 1.93 bits per heavy atom. The molecule has 0 saturated carbocycles. The number of fused-ring (bicyclic) bond motifs is 5. The fraction of sp³-hybridized carbons (Fsp3) is 0.500. The van der Waals surface area contributed by atoms with Gasteiger partial charge < -0.3 is 19.9 Å². The Balaban J connectivity index is 1.47. The van der Waals surface area contributed by atoms with Crippen LogP contribution in [0.2, 0.25) is 0 Å². The van der Waals surface area contributed by atoms with Crippen LogP contribution in [0.5, 0.6) is 11.5 Å². The molecule has 0 unspecified atom stereocenters. The average molecular weight is 406 g/mol. The van der Waals surface area contributed by atoms with Crippen LogP contribution < -0.4 is 15.2 Å². The predicted octanol–water partition coefficient (Wildman–Crippen LogP) is 1.83. The summed E-state index contributed by atoms with van der Waals surface area (Å²) < 4.78 is 43.2. The summed E-state index contributed by atoms with van der Waals surface area (Å²) in [5.41, 5.74) is 6.62. The number of ether oxygens (including phenoxy) is 3. The lowest BCUT2D eigenvalue weighted by Gasteiger charge is -2.35. The van der Waals surface area contributed by atoms with Crippen LogP contribution in [0.15, 0.2) is 12.1 Å². The lowest BCUT2D eigenvalue weighted by Crippen LogP contribution is -2.46. The lowest BCUT2D eigenvalue weighted by atomic mass is 10.2. The molecule has 0 amide bonds. The van der Waals surface area contributed by atoms with Crippen LogP contribution in [-0.4, -0.2) is 62.6 Å². The maximum atomic E-state index is 13.5. The molecule has 29 heavy (non-hydrogen) atoms. The van der Waals surface area contributed by atoms with Crippen molar-refractivity contribution in [1.29, 1.82) is 0 Å². The standard InChI is InChI=1S/C18H20F2N6O3/c1-9-7-25(8-10(2)27-9)6-5-13-22-16-11-3-4-12-15(29-18(19,20)28-12)14(11)23-17(21)26(16)24-13/h3-4,9-10H,5-8H2,1-2H3,(H2,21,23)/t9-,10-/m1/s1. The number of hydrogen-bond acceptors (Lipinski definition) is 8. The summed E-state index contributed by atoms with van der Waals surface area (Å²) in [7, 11) is 0. The molecule has 5 rings (SSSR count). The maximum absolute atomic E-state index is 13.5. The highest BCUT2D eigenvalue weighted by Crippen LogP contribution is 2.45. The number of benzene rings is 1. The Bertz CT molecular complexity index is 1090. The third kappa shape index (κ3) is 3.19. The number of hydrogen-bond donors (Lipinski definition) is 1. The van der Waals surface area contributed by atoms with Crippen LogP contribution in [0.4, 0.5) is 14.7 Å². The van der Waals surface area contributed by atoms with Crippen molar-refractivity contribution in [3.05, 3.63) is 18.0 Å². The van der Waals surface area contributed by atoms with Crippen molar-refractivity contribution in [2.75, 3.05) is 25.4 Å². The first kappa shape index (κ1) is 18.3. The molecular formula is C18H20F2N6O3. The second-order valence-corrected chi connectivity index (χ2v) is 7.46. The number of rotatable bonds is 3. The molecule has 0 radical (unpaired) electrons. The Morgan fingerprint density at radius 1 is 1.17 bits per heavy atom. The topological polar surface area (TPSA) is 100 Å². The Kier molecular flexibility index (Phi) is 4.00. The van der Waals surface area contributed by atoms with Crippen LogP contribution in [-0.2, 0) is 11.2 Å². The normalized spacial score (nSPS) is 23.9. The first-order valence-electron chi connectivity index (χ1n) is 9.40. The molecule has 0 bridgehead atoms. The van der Waals surface area contributed by atoms with Gasteiger partial charge in [-0.3, -0.25) is 4.90 Å². The number of aromatic nitrogens is 4. The summed E-state index contributed by atoms with van der Waals surface area (Å²) in [6.45, 7) is 6.58. The van der Waals surface area contributed by atoms with E-state index >= 15 is 0 Å². The van der Waals surface area contributed by atoms with Gasteiger partial charge in [-0.05, 0) is 26.0 Å². The van der Waals surface area contributed by atoms with E-state index in [1.807, 2.05) is 0 Å². The van der Waals surface area contributed by atoms with Gasteiger partial charge in [0.05, 0.1) is 12.2 Å². The van der Waals surface area contributed by atoms with Crippen molar-refractivity contribution in [3.63, 3.8) is 0 Å². The molecule has 1 saturated heterocycles. The fourth-order valence-electron chi connectivity index (χ4n) is 3.97. The van der Waals surface area contributed by atoms with Crippen molar-refractivity contribution in [1.82, 2.24) is 24.5 Å². The molecule has 11 heteroatoms. The second kappa shape index (κ2) is 6.36. The van der Waals surface area contributed by atoms with Gasteiger partial charge >= 0.3 is 6.29 Å². The van der Waals surface area contributed by atoms with Crippen molar-refractivity contribution < 1.29 is 23.0 Å². The number of nitrogens with two attached hydrogens (primary N) is 1. The number of alkyl halides is 2. The molecule has 0 spiro atoms. The zero-order valence-electron chi connectivity index (χ0n) is 15.9. The van der Waals surface area contributed by atoms with Gasteiger partial charge in [-0.2, -0.15) is 4.52 Å². The van der Waals surface area contributed by atoms with Crippen molar-refractivity contribution in [2.45, 2.75) is 38.8 Å². The number of halogens is 2. The molecule has 154 valence electrons. The minimum absolute atomic E-state index is 0.0343. The molecular weight excluding hydrogens is 386 g/mol. The first-order chi connectivity index (χ1) is 13.8. The Hall–Kier alpha value is -2.79. The van der Waals surface area contributed by atoms with E-state index in [1.165, 1.54) is 10.6 Å². The third-order valence-electron chi connectivity index (χ3n) is 5.03. The maximum Gasteiger partial charge on any atom is 0.586 e. The van der Waals surface area contributed by atoms with E-state index in [1.54, 1.807) is 6.07 Å². The number of morpholine rings is 1. The summed E-state index contributed by atoms with van der Waals surface area (Å²) in [5.74, 6) is 0.393. The predicted molar refractivity (Wildman–Crippen MR) is 99.1 cm³/mol. The van der Waals surface area contributed by atoms with Gasteiger partial charge in [0.1, 0.15) is 5.52 Å². The van der Waals surface area contributed by atoms with Gasteiger partial charge in [0.25, 0.3) is 0 Å². The van der Waals surface area contributed by atoms with E-state index in [9.17, 15) is 8.78 Å². The van der Waals surface area contributed by atoms with Gasteiger partial charge in [-0.1, -0.05) is 0 Å². The summed E-state index contributed by atoms with van der Waals surface area (Å²) in [6.07, 6.45) is -2.76. The summed E-state index contributed by atoms with van der Waals surface area (Å²) >= 11 is 0. The van der Waals surface area contributed by atoms with Gasteiger partial charge in [0.2, 0.25) is 5.95 Å². The largest absolute Gasteiger partial charge is 0.586 e. The van der Waals surface area contributed by atoms with E-state index in [0.29, 0.717) is 23.3 Å². The van der Waals surface area contributed by atoms with Gasteiger partial charge in [0.15, 0.2) is 23.0 Å². The highest BCUT2D eigenvalue weighted by molar-refractivity contribution is 5.97. The lowest BCUT2D eigenvalue weighted by molar-refractivity contribution is -0.286. The molecule has 2 aliphatic heterocycles. The van der Waals surface area contributed by atoms with Crippen LogP contribution in [0, 0.1) is 0 Å². The van der Waals surface area contributed by atoms with Crippen LogP contribution in [0.25, 0.3) is 16.6 Å². The van der Waals surface area contributed by atoms with Crippen molar-refractivity contribution >= 4 is 22.5 Å². The molecule has 9 nitrogen and oxygen atoms in total. The molecule has 2 N–H and O–H groups in total. The molecule has 4 heterocycles. The third-order valence-corrected chi connectivity index (χ3v) is 5.03. The molecule has 1 fully saturated rings. The Labute approximate surface area is 164 Å². The summed E-state index contributed by atoms with van der Waals surface area (Å²) in [4.78, 5) is 11.1. The van der Waals surface area contributed by atoms with E-state index in [-0.39, 0.29) is 35.2 Å². The van der Waals surface area contributed by atoms with Gasteiger partial charge in [-0.25, -0.2) is 9.97 Å². The van der Waals surface area contributed by atoms with E-state index < -0.39 is 6.29 Å². The summed E-state index contributed by atoms with van der Waals surface area (Å²) in [5, 5.41) is 4.95. The first-order valence-corrected chi connectivity index (χ1v) is 9.40. The summed E-state index contributed by atoms with van der Waals surface area (Å²) in [6, 6.07) is 3.01. The van der Waals surface area contributed by atoms with Gasteiger partial charge in [0, 0.05) is 31.4 Å². The zero-order valence-corrected chi connectivity index (χ0v) is 15.9.